The van der Waals surface area contributed by atoms with Gasteiger partial charge in [-0.25, -0.2) is 4.79 Å². The van der Waals surface area contributed by atoms with Gasteiger partial charge in [-0.1, -0.05) is 12.1 Å². The van der Waals surface area contributed by atoms with E-state index < -0.39 is 30.1 Å². The second-order valence-electron chi connectivity index (χ2n) is 5.51. The maximum absolute atomic E-state index is 13.1. The highest BCUT2D eigenvalue weighted by molar-refractivity contribution is 5.89. The van der Waals surface area contributed by atoms with E-state index in [0.29, 0.717) is 5.56 Å². The number of hydrogen-bond acceptors (Lipinski definition) is 3. The van der Waals surface area contributed by atoms with Crippen LogP contribution in [0.15, 0.2) is 24.3 Å². The summed E-state index contributed by atoms with van der Waals surface area (Å²) in [6.45, 7) is 0.177. The lowest BCUT2D eigenvalue weighted by Gasteiger charge is -2.26. The number of carbonyl (C=O) groups is 2. The highest BCUT2D eigenvalue weighted by Gasteiger charge is 2.46. The van der Waals surface area contributed by atoms with Crippen LogP contribution in [0.25, 0.3) is 0 Å². The van der Waals surface area contributed by atoms with Crippen molar-refractivity contribution in [3.8, 4) is 0 Å². The molecule has 0 aromatic heterocycles. The first-order valence-corrected chi connectivity index (χ1v) is 7.28. The van der Waals surface area contributed by atoms with E-state index in [4.69, 9.17) is 9.84 Å². The predicted octanol–water partition coefficient (Wildman–Crippen LogP) is 2.40. The number of nitrogens with one attached hydrogen (secondary N) is 2. The van der Waals surface area contributed by atoms with Crippen LogP contribution >= 0.6 is 0 Å². The van der Waals surface area contributed by atoms with Gasteiger partial charge in [-0.05, 0) is 24.1 Å². The number of aliphatic carboxylic acids is 1. The number of amides is 2. The monoisotopic (exact) mass is 346 g/mol. The van der Waals surface area contributed by atoms with Gasteiger partial charge in [0.2, 0.25) is 0 Å². The molecule has 9 heteroatoms. The van der Waals surface area contributed by atoms with Crippen LogP contribution in [0.3, 0.4) is 0 Å². The summed E-state index contributed by atoms with van der Waals surface area (Å²) in [5, 5.41) is 13.0. The average Bonchev–Trinajstić information content (AvgIpc) is 2.96. The van der Waals surface area contributed by atoms with Crippen molar-refractivity contribution < 1.29 is 32.6 Å². The number of rotatable bonds is 5. The summed E-state index contributed by atoms with van der Waals surface area (Å²) in [6, 6.07) is 2.92. The molecule has 2 rings (SSSR count). The number of anilines is 1. The Balaban J connectivity index is 2.01. The van der Waals surface area contributed by atoms with E-state index in [-0.39, 0.29) is 31.7 Å². The summed E-state index contributed by atoms with van der Waals surface area (Å²) in [5.74, 6) is -1.87. The van der Waals surface area contributed by atoms with Gasteiger partial charge in [0.15, 0.2) is 0 Å². The van der Waals surface area contributed by atoms with Crippen LogP contribution in [0.4, 0.5) is 23.7 Å². The number of carboxylic acids is 1. The third-order valence-electron chi connectivity index (χ3n) is 3.62. The number of hydrogen-bond donors (Lipinski definition) is 3. The van der Waals surface area contributed by atoms with Gasteiger partial charge < -0.3 is 20.5 Å². The minimum atomic E-state index is -4.58. The molecule has 3 N–H and O–H groups in total. The molecule has 1 fully saturated rings. The zero-order valence-electron chi connectivity index (χ0n) is 12.6. The standard InChI is InChI=1S/C15H17F3N2O4/c16-15(17,18)13(10-4-5-24-8-10)20-14(23)19-11-3-1-2-9(6-11)7-12(21)22/h1-3,6,10,13H,4-5,7-8H2,(H,21,22)(H2,19,20,23). The van der Waals surface area contributed by atoms with Crippen molar-refractivity contribution in [1.29, 1.82) is 0 Å². The van der Waals surface area contributed by atoms with E-state index in [1.807, 2.05) is 5.32 Å². The van der Waals surface area contributed by atoms with Crippen molar-refractivity contribution in [2.45, 2.75) is 25.1 Å². The van der Waals surface area contributed by atoms with Crippen LogP contribution in [-0.4, -0.2) is 42.5 Å². The molecule has 24 heavy (non-hydrogen) atoms. The molecule has 0 spiro atoms. The smallest absolute Gasteiger partial charge is 0.409 e. The number of ether oxygens (including phenoxy) is 1. The van der Waals surface area contributed by atoms with E-state index in [9.17, 15) is 22.8 Å². The van der Waals surface area contributed by atoms with Gasteiger partial charge in [0.1, 0.15) is 6.04 Å². The summed E-state index contributed by atoms with van der Waals surface area (Å²) in [5.41, 5.74) is 0.645. The van der Waals surface area contributed by atoms with Crippen molar-refractivity contribution in [3.63, 3.8) is 0 Å². The molecule has 1 heterocycles. The number of halogens is 3. The molecule has 0 saturated carbocycles. The second-order valence-corrected chi connectivity index (χ2v) is 5.51. The molecule has 0 radical (unpaired) electrons. The van der Waals surface area contributed by atoms with Gasteiger partial charge in [0.05, 0.1) is 13.0 Å². The van der Waals surface area contributed by atoms with E-state index >= 15 is 0 Å². The number of urea groups is 1. The van der Waals surface area contributed by atoms with Crippen LogP contribution < -0.4 is 10.6 Å². The van der Waals surface area contributed by atoms with Crippen molar-refractivity contribution in [1.82, 2.24) is 5.32 Å². The Labute approximate surface area is 136 Å². The van der Waals surface area contributed by atoms with Gasteiger partial charge in [-0.2, -0.15) is 13.2 Å². The second kappa shape index (κ2) is 7.52. The summed E-state index contributed by atoms with van der Waals surface area (Å²) in [6.07, 6.45) is -4.61. The molecule has 6 nitrogen and oxygen atoms in total. The van der Waals surface area contributed by atoms with Gasteiger partial charge in [0.25, 0.3) is 0 Å². The van der Waals surface area contributed by atoms with Gasteiger partial charge in [-0.3, -0.25) is 4.79 Å². The molecular weight excluding hydrogens is 329 g/mol. The van der Waals surface area contributed by atoms with Crippen LogP contribution in [0.5, 0.6) is 0 Å². The lowest BCUT2D eigenvalue weighted by Crippen LogP contribution is -2.51. The molecule has 132 valence electrons. The zero-order chi connectivity index (χ0) is 17.7. The summed E-state index contributed by atoms with van der Waals surface area (Å²) >= 11 is 0. The fourth-order valence-corrected chi connectivity index (χ4v) is 2.52. The molecule has 1 aliphatic rings. The molecule has 2 amide bonds. The normalized spacial score (nSPS) is 18.9. The maximum Gasteiger partial charge on any atom is 0.409 e. The SMILES string of the molecule is O=C(O)Cc1cccc(NC(=O)NC(C2CCOC2)C(F)(F)F)c1. The molecular formula is C15H17F3N2O4. The predicted molar refractivity (Wildman–Crippen MR) is 78.7 cm³/mol. The topological polar surface area (TPSA) is 87.7 Å². The van der Waals surface area contributed by atoms with Crippen LogP contribution in [0.2, 0.25) is 0 Å². The van der Waals surface area contributed by atoms with E-state index in [1.165, 1.54) is 18.2 Å². The van der Waals surface area contributed by atoms with Crippen LogP contribution in [0.1, 0.15) is 12.0 Å². The molecule has 0 bridgehead atoms. The molecule has 1 aromatic carbocycles. The molecule has 2 atom stereocenters. The van der Waals surface area contributed by atoms with Crippen molar-refractivity contribution >= 4 is 17.7 Å². The molecule has 0 aliphatic carbocycles. The number of carboxylic acid groups (broad SMARTS) is 1. The Bertz CT molecular complexity index is 601. The van der Waals surface area contributed by atoms with Gasteiger partial charge in [0, 0.05) is 18.2 Å². The maximum atomic E-state index is 13.1. The van der Waals surface area contributed by atoms with Crippen LogP contribution in [-0.2, 0) is 16.0 Å². The summed E-state index contributed by atoms with van der Waals surface area (Å²) in [7, 11) is 0. The minimum absolute atomic E-state index is 0.0570. The Morgan fingerprint density at radius 2 is 2.12 bits per heavy atom. The van der Waals surface area contributed by atoms with E-state index in [0.717, 1.165) is 0 Å². The number of carbonyl (C=O) groups excluding carboxylic acids is 1. The van der Waals surface area contributed by atoms with Crippen LogP contribution in [0, 0.1) is 5.92 Å². The lowest BCUT2D eigenvalue weighted by molar-refractivity contribution is -0.164. The fraction of sp³-hybridized carbons (Fsp3) is 0.467. The van der Waals surface area contributed by atoms with Crippen molar-refractivity contribution in [2.75, 3.05) is 18.5 Å². The summed E-state index contributed by atoms with van der Waals surface area (Å²) < 4.78 is 44.3. The van der Waals surface area contributed by atoms with Gasteiger partial charge in [-0.15, -0.1) is 0 Å². The fourth-order valence-electron chi connectivity index (χ4n) is 2.52. The summed E-state index contributed by atoms with van der Waals surface area (Å²) in [4.78, 5) is 22.5. The molecule has 1 saturated heterocycles. The highest BCUT2D eigenvalue weighted by atomic mass is 19.4. The third-order valence-corrected chi connectivity index (χ3v) is 3.62. The zero-order valence-corrected chi connectivity index (χ0v) is 12.6. The van der Waals surface area contributed by atoms with Crippen molar-refractivity contribution in [3.05, 3.63) is 29.8 Å². The van der Waals surface area contributed by atoms with E-state index in [1.54, 1.807) is 6.07 Å². The van der Waals surface area contributed by atoms with Crippen molar-refractivity contribution in [2.24, 2.45) is 5.92 Å². The first kappa shape index (κ1) is 18.1. The Hall–Kier alpha value is -2.29. The number of benzene rings is 1. The highest BCUT2D eigenvalue weighted by Crippen LogP contribution is 2.30. The van der Waals surface area contributed by atoms with E-state index in [2.05, 4.69) is 5.32 Å². The average molecular weight is 346 g/mol. The molecule has 1 aliphatic heterocycles. The largest absolute Gasteiger partial charge is 0.481 e. The Morgan fingerprint density at radius 1 is 1.38 bits per heavy atom. The third kappa shape index (κ3) is 5.12. The Kier molecular flexibility index (Phi) is 5.66. The minimum Gasteiger partial charge on any atom is -0.481 e. The quantitative estimate of drug-likeness (QED) is 0.764. The number of alkyl halides is 3. The molecule has 1 aromatic rings. The Morgan fingerprint density at radius 3 is 2.71 bits per heavy atom. The first-order chi connectivity index (χ1) is 11.3. The first-order valence-electron chi connectivity index (χ1n) is 7.28. The molecule has 2 unspecified atom stereocenters. The lowest BCUT2D eigenvalue weighted by atomic mass is 9.99. The van der Waals surface area contributed by atoms with Gasteiger partial charge >= 0.3 is 18.2 Å².